The number of thiol groups is 1. The highest BCUT2D eigenvalue weighted by Gasteiger charge is 2.27. The van der Waals surface area contributed by atoms with Gasteiger partial charge in [0.15, 0.2) is 5.25 Å². The van der Waals surface area contributed by atoms with Crippen LogP contribution in [0.4, 0.5) is 5.82 Å². The van der Waals surface area contributed by atoms with E-state index < -0.39 is 10.2 Å². The molecule has 1 unspecified atom stereocenters. The maximum Gasteiger partial charge on any atom is 0.342 e. The fourth-order valence-electron chi connectivity index (χ4n) is 1.55. The van der Waals surface area contributed by atoms with E-state index in [0.29, 0.717) is 18.3 Å². The van der Waals surface area contributed by atoms with Crippen molar-refractivity contribution in [1.29, 1.82) is 0 Å². The fraction of sp³-hybridized carbons (Fsp3) is 0.333. The second-order valence-corrected chi connectivity index (χ2v) is 3.77. The summed E-state index contributed by atoms with van der Waals surface area (Å²) in [5.74, 6) is 0.752. The highest BCUT2D eigenvalue weighted by molar-refractivity contribution is 7.80. The summed E-state index contributed by atoms with van der Waals surface area (Å²) in [5.41, 5.74) is 0. The first-order valence-electron chi connectivity index (χ1n) is 4.92. The van der Waals surface area contributed by atoms with Crippen molar-refractivity contribution >= 4 is 18.4 Å². The summed E-state index contributed by atoms with van der Waals surface area (Å²) in [6.07, 6.45) is 4.13. The summed E-state index contributed by atoms with van der Waals surface area (Å²) < 4.78 is 6.58. The van der Waals surface area contributed by atoms with Crippen LogP contribution in [0.1, 0.15) is 23.9 Å². The molecule has 0 aliphatic heterocycles. The number of hydrogen-bond acceptors (Lipinski definition) is 6. The van der Waals surface area contributed by atoms with E-state index in [4.69, 9.17) is 4.42 Å². The Morgan fingerprint density at radius 1 is 1.65 bits per heavy atom. The van der Waals surface area contributed by atoms with Gasteiger partial charge in [-0.15, -0.1) is 0 Å². The Hall–Kier alpha value is -1.83. The van der Waals surface area contributed by atoms with Crippen molar-refractivity contribution in [3.63, 3.8) is 0 Å². The lowest BCUT2D eigenvalue weighted by Gasteiger charge is -2.05. The molecular formula is C9H10N4O3S. The van der Waals surface area contributed by atoms with Gasteiger partial charge in [0.05, 0.1) is 12.7 Å². The molecule has 0 aliphatic rings. The molecule has 0 bridgehead atoms. The summed E-state index contributed by atoms with van der Waals surface area (Å²) in [7, 11) is 0. The second-order valence-electron chi connectivity index (χ2n) is 3.25. The highest BCUT2D eigenvalue weighted by Crippen LogP contribution is 2.28. The monoisotopic (exact) mass is 254 g/mol. The third-order valence-electron chi connectivity index (χ3n) is 2.30. The van der Waals surface area contributed by atoms with Crippen LogP contribution in [0.2, 0.25) is 0 Å². The molecule has 0 aliphatic carbocycles. The third-order valence-corrected chi connectivity index (χ3v) is 2.75. The van der Waals surface area contributed by atoms with E-state index in [-0.39, 0.29) is 5.82 Å². The number of imidazole rings is 1. The fourth-order valence-corrected chi connectivity index (χ4v) is 1.88. The SMILES string of the molecule is CCn1c([N+](=O)[O-])cnc1C(S)c1ncco1. The molecule has 0 radical (unpaired) electrons. The Balaban J connectivity index is 2.42. The summed E-state index contributed by atoms with van der Waals surface area (Å²) in [6.45, 7) is 2.23. The van der Waals surface area contributed by atoms with Crippen molar-refractivity contribution in [1.82, 2.24) is 14.5 Å². The average molecular weight is 254 g/mol. The van der Waals surface area contributed by atoms with Crippen molar-refractivity contribution in [3.05, 3.63) is 40.5 Å². The van der Waals surface area contributed by atoms with E-state index in [1.54, 1.807) is 6.92 Å². The summed E-state index contributed by atoms with van der Waals surface area (Å²) >= 11 is 4.32. The topological polar surface area (TPSA) is 87.0 Å². The predicted molar refractivity (Wildman–Crippen MR) is 61.9 cm³/mol. The minimum atomic E-state index is -0.515. The zero-order chi connectivity index (χ0) is 12.4. The summed E-state index contributed by atoms with van der Waals surface area (Å²) in [4.78, 5) is 18.3. The van der Waals surface area contributed by atoms with E-state index in [0.717, 1.165) is 0 Å². The first-order valence-corrected chi connectivity index (χ1v) is 5.44. The summed E-state index contributed by atoms with van der Waals surface area (Å²) in [6, 6.07) is 0. The minimum Gasteiger partial charge on any atom is -0.447 e. The van der Waals surface area contributed by atoms with Gasteiger partial charge < -0.3 is 14.5 Å². The van der Waals surface area contributed by atoms with Crippen LogP contribution in [0.25, 0.3) is 0 Å². The molecular weight excluding hydrogens is 244 g/mol. The van der Waals surface area contributed by atoms with Crippen LogP contribution in [0.3, 0.4) is 0 Å². The van der Waals surface area contributed by atoms with Gasteiger partial charge in [-0.25, -0.2) is 14.5 Å². The lowest BCUT2D eigenvalue weighted by molar-refractivity contribution is -0.392. The van der Waals surface area contributed by atoms with Gasteiger partial charge in [-0.05, 0) is 11.8 Å². The molecule has 2 aromatic rings. The normalized spacial score (nSPS) is 12.6. The molecule has 8 heteroatoms. The van der Waals surface area contributed by atoms with E-state index >= 15 is 0 Å². The van der Waals surface area contributed by atoms with Crippen LogP contribution in [-0.4, -0.2) is 19.5 Å². The van der Waals surface area contributed by atoms with Gasteiger partial charge in [0.25, 0.3) is 0 Å². The molecule has 0 aromatic carbocycles. The van der Waals surface area contributed by atoms with Gasteiger partial charge in [0.2, 0.25) is 11.7 Å². The minimum absolute atomic E-state index is 0.0619. The summed E-state index contributed by atoms with van der Waals surface area (Å²) in [5, 5.41) is 10.3. The maximum atomic E-state index is 10.8. The van der Waals surface area contributed by atoms with Crippen LogP contribution < -0.4 is 0 Å². The van der Waals surface area contributed by atoms with Gasteiger partial charge >= 0.3 is 5.82 Å². The van der Waals surface area contributed by atoms with E-state index in [1.165, 1.54) is 23.2 Å². The van der Waals surface area contributed by atoms with E-state index in [9.17, 15) is 10.1 Å². The van der Waals surface area contributed by atoms with Crippen molar-refractivity contribution in [2.75, 3.05) is 0 Å². The van der Waals surface area contributed by atoms with E-state index in [1.807, 2.05) is 0 Å². The Bertz CT molecular complexity index is 522. The van der Waals surface area contributed by atoms with Gasteiger partial charge in [0.1, 0.15) is 12.5 Å². The standard InChI is InChI=1S/C9H10N4O3S/c1-2-12-6(13(14)15)5-11-8(12)7(17)9-10-3-4-16-9/h3-5,7,17H,2H2,1H3. The van der Waals surface area contributed by atoms with Gasteiger partial charge in [-0.1, -0.05) is 0 Å². The quantitative estimate of drug-likeness (QED) is 0.511. The van der Waals surface area contributed by atoms with Gasteiger partial charge in [-0.3, -0.25) is 0 Å². The maximum absolute atomic E-state index is 10.8. The van der Waals surface area contributed by atoms with Crippen molar-refractivity contribution < 1.29 is 9.34 Å². The molecule has 17 heavy (non-hydrogen) atoms. The molecule has 2 rings (SSSR count). The van der Waals surface area contributed by atoms with Crippen LogP contribution in [0.5, 0.6) is 0 Å². The molecule has 2 aromatic heterocycles. The highest BCUT2D eigenvalue weighted by atomic mass is 32.1. The van der Waals surface area contributed by atoms with E-state index in [2.05, 4.69) is 22.6 Å². The zero-order valence-corrected chi connectivity index (χ0v) is 9.87. The smallest absolute Gasteiger partial charge is 0.342 e. The molecule has 90 valence electrons. The van der Waals surface area contributed by atoms with Crippen molar-refractivity contribution in [3.8, 4) is 0 Å². The Morgan fingerprint density at radius 3 is 2.94 bits per heavy atom. The van der Waals surface area contributed by atoms with Crippen LogP contribution in [0, 0.1) is 10.1 Å². The van der Waals surface area contributed by atoms with Gasteiger partial charge in [-0.2, -0.15) is 12.6 Å². The largest absolute Gasteiger partial charge is 0.447 e. The van der Waals surface area contributed by atoms with Crippen molar-refractivity contribution in [2.45, 2.75) is 18.7 Å². The van der Waals surface area contributed by atoms with Crippen LogP contribution in [0.15, 0.2) is 23.1 Å². The molecule has 2 heterocycles. The lowest BCUT2D eigenvalue weighted by atomic mass is 10.4. The lowest BCUT2D eigenvalue weighted by Crippen LogP contribution is -2.08. The molecule has 0 saturated carbocycles. The number of hydrogen-bond donors (Lipinski definition) is 1. The Morgan fingerprint density at radius 2 is 2.41 bits per heavy atom. The first-order chi connectivity index (χ1) is 8.15. The molecule has 0 saturated heterocycles. The second kappa shape index (κ2) is 4.58. The molecule has 0 fully saturated rings. The molecule has 0 amide bonds. The number of nitro groups is 1. The Kier molecular flexibility index (Phi) is 3.14. The Labute approximate surface area is 102 Å². The average Bonchev–Trinajstić information content (AvgIpc) is 2.96. The number of aromatic nitrogens is 3. The molecule has 7 nitrogen and oxygen atoms in total. The molecule has 0 spiro atoms. The van der Waals surface area contributed by atoms with Crippen LogP contribution in [-0.2, 0) is 6.54 Å². The third kappa shape index (κ3) is 2.03. The van der Waals surface area contributed by atoms with Crippen LogP contribution >= 0.6 is 12.6 Å². The van der Waals surface area contributed by atoms with Gasteiger partial charge in [0, 0.05) is 0 Å². The number of rotatable bonds is 4. The van der Waals surface area contributed by atoms with Crippen molar-refractivity contribution in [2.24, 2.45) is 0 Å². The molecule has 0 N–H and O–H groups in total. The zero-order valence-electron chi connectivity index (χ0n) is 8.98. The first kappa shape index (κ1) is 11.6. The molecule has 1 atom stereocenters. The number of nitrogens with zero attached hydrogens (tertiary/aromatic N) is 4. The number of oxazole rings is 1. The predicted octanol–water partition coefficient (Wildman–Crippen LogP) is 1.82.